The maximum Gasteiger partial charge on any atom is 0.148 e. The number of rotatable bonds is 8. The van der Waals surface area contributed by atoms with E-state index in [1.54, 1.807) is 0 Å². The van der Waals surface area contributed by atoms with Crippen molar-refractivity contribution in [1.29, 1.82) is 0 Å². The van der Waals surface area contributed by atoms with E-state index in [1.165, 1.54) is 0 Å². The van der Waals surface area contributed by atoms with Gasteiger partial charge in [0.05, 0.1) is 6.61 Å². The third-order valence-corrected chi connectivity index (χ3v) is 2.23. The second-order valence-electron chi connectivity index (χ2n) is 3.60. The largest absolute Gasteiger partial charge is 0.491 e. The van der Waals surface area contributed by atoms with E-state index >= 15 is 0 Å². The summed E-state index contributed by atoms with van der Waals surface area (Å²) in [6.45, 7) is 3.71. The van der Waals surface area contributed by atoms with Crippen LogP contribution in [0.2, 0.25) is 0 Å². The summed E-state index contributed by atoms with van der Waals surface area (Å²) in [7, 11) is 0. The first-order valence-corrected chi connectivity index (χ1v) is 5.69. The van der Waals surface area contributed by atoms with Crippen molar-refractivity contribution >= 4 is 6.29 Å². The van der Waals surface area contributed by atoms with E-state index in [9.17, 15) is 4.79 Å². The van der Waals surface area contributed by atoms with Crippen LogP contribution in [0.25, 0.3) is 0 Å². The van der Waals surface area contributed by atoms with Crippen LogP contribution < -0.4 is 4.74 Å². The lowest BCUT2D eigenvalue weighted by Crippen LogP contribution is -2.11. The number of carbonyl (C=O) groups excluding carboxylic acids is 1. The molecule has 0 radical (unpaired) electrons. The smallest absolute Gasteiger partial charge is 0.148 e. The van der Waals surface area contributed by atoms with Gasteiger partial charge in [-0.1, -0.05) is 12.1 Å². The Morgan fingerprint density at radius 1 is 1.29 bits per heavy atom. The highest BCUT2D eigenvalue weighted by Crippen LogP contribution is 2.13. The number of aldehydes is 1. The molecule has 1 unspecified atom stereocenters. The number of ether oxygens (including phenoxy) is 2. The maximum atomic E-state index is 10.3. The molecule has 0 spiro atoms. The minimum Gasteiger partial charge on any atom is -0.491 e. The number of aliphatic hydroxyl groups is 1. The molecule has 94 valence electrons. The van der Waals surface area contributed by atoms with Gasteiger partial charge in [-0.3, -0.25) is 0 Å². The van der Waals surface area contributed by atoms with Crippen molar-refractivity contribution in [3.63, 3.8) is 0 Å². The van der Waals surface area contributed by atoms with Crippen LogP contribution in [-0.2, 0) is 16.0 Å². The first kappa shape index (κ1) is 13.7. The molecule has 17 heavy (non-hydrogen) atoms. The third-order valence-electron chi connectivity index (χ3n) is 2.23. The SMILES string of the molecule is CCOCCOc1ccc(CC(O)C=O)cc1. The molecule has 1 rings (SSSR count). The van der Waals surface area contributed by atoms with Crippen LogP contribution in [0.15, 0.2) is 24.3 Å². The van der Waals surface area contributed by atoms with E-state index in [0.29, 0.717) is 32.5 Å². The predicted molar refractivity (Wildman–Crippen MR) is 64.2 cm³/mol. The summed E-state index contributed by atoms with van der Waals surface area (Å²) in [4.78, 5) is 10.3. The fraction of sp³-hybridized carbons (Fsp3) is 0.462. The summed E-state index contributed by atoms with van der Waals surface area (Å²) in [5.41, 5.74) is 0.904. The molecule has 0 saturated carbocycles. The van der Waals surface area contributed by atoms with Crippen molar-refractivity contribution < 1.29 is 19.4 Å². The Morgan fingerprint density at radius 2 is 2.00 bits per heavy atom. The number of hydrogen-bond acceptors (Lipinski definition) is 4. The molecule has 4 heteroatoms. The molecular weight excluding hydrogens is 220 g/mol. The van der Waals surface area contributed by atoms with E-state index < -0.39 is 6.10 Å². The first-order valence-electron chi connectivity index (χ1n) is 5.69. The van der Waals surface area contributed by atoms with E-state index in [-0.39, 0.29) is 0 Å². The Kier molecular flexibility index (Phi) is 6.29. The summed E-state index contributed by atoms with van der Waals surface area (Å²) in [5, 5.41) is 9.17. The van der Waals surface area contributed by atoms with E-state index in [4.69, 9.17) is 14.6 Å². The molecule has 0 aromatic heterocycles. The molecule has 0 amide bonds. The van der Waals surface area contributed by atoms with Gasteiger partial charge in [0.1, 0.15) is 24.7 Å². The number of carbonyl (C=O) groups is 1. The van der Waals surface area contributed by atoms with Gasteiger partial charge in [0, 0.05) is 13.0 Å². The van der Waals surface area contributed by atoms with Gasteiger partial charge in [0.15, 0.2) is 0 Å². The fourth-order valence-corrected chi connectivity index (χ4v) is 1.37. The first-order chi connectivity index (χ1) is 8.26. The minimum absolute atomic E-state index is 0.336. The van der Waals surface area contributed by atoms with Crippen LogP contribution in [0, 0.1) is 0 Å². The summed E-state index contributed by atoms with van der Waals surface area (Å²) >= 11 is 0. The topological polar surface area (TPSA) is 55.8 Å². The molecule has 0 heterocycles. The van der Waals surface area contributed by atoms with Gasteiger partial charge < -0.3 is 19.4 Å². The standard InChI is InChI=1S/C13H18O4/c1-2-16-7-8-17-13-5-3-11(4-6-13)9-12(15)10-14/h3-6,10,12,15H,2,7-9H2,1H3. The summed E-state index contributed by atoms with van der Waals surface area (Å²) in [6.07, 6.45) is -0.0606. The number of benzene rings is 1. The molecule has 0 aliphatic rings. The van der Waals surface area contributed by atoms with Gasteiger partial charge in [0.25, 0.3) is 0 Å². The average molecular weight is 238 g/mol. The van der Waals surface area contributed by atoms with Crippen molar-refractivity contribution in [3.8, 4) is 5.75 Å². The van der Waals surface area contributed by atoms with Crippen molar-refractivity contribution in [2.75, 3.05) is 19.8 Å². The molecule has 0 aliphatic carbocycles. The molecule has 1 N–H and O–H groups in total. The second kappa shape index (κ2) is 7.81. The molecule has 1 atom stereocenters. The van der Waals surface area contributed by atoms with Gasteiger partial charge in [-0.15, -0.1) is 0 Å². The summed E-state index contributed by atoms with van der Waals surface area (Å²) < 4.78 is 10.6. The maximum absolute atomic E-state index is 10.3. The minimum atomic E-state index is -0.931. The van der Waals surface area contributed by atoms with Crippen LogP contribution in [-0.4, -0.2) is 37.3 Å². The van der Waals surface area contributed by atoms with E-state index in [1.807, 2.05) is 31.2 Å². The molecule has 1 aromatic carbocycles. The lowest BCUT2D eigenvalue weighted by Gasteiger charge is -2.07. The van der Waals surface area contributed by atoms with Gasteiger partial charge >= 0.3 is 0 Å². The van der Waals surface area contributed by atoms with Gasteiger partial charge in [-0.05, 0) is 24.6 Å². The fourth-order valence-electron chi connectivity index (χ4n) is 1.37. The van der Waals surface area contributed by atoms with Gasteiger partial charge in [-0.2, -0.15) is 0 Å². The number of hydrogen-bond donors (Lipinski definition) is 1. The third kappa shape index (κ3) is 5.47. The molecule has 0 aliphatic heterocycles. The van der Waals surface area contributed by atoms with Gasteiger partial charge in [-0.25, -0.2) is 0 Å². The molecule has 4 nitrogen and oxygen atoms in total. The van der Waals surface area contributed by atoms with Crippen LogP contribution >= 0.6 is 0 Å². The normalized spacial score (nSPS) is 12.1. The Bertz CT molecular complexity index is 321. The molecular formula is C13H18O4. The Balaban J connectivity index is 2.36. The highest BCUT2D eigenvalue weighted by atomic mass is 16.5. The van der Waals surface area contributed by atoms with Crippen LogP contribution in [0.3, 0.4) is 0 Å². The van der Waals surface area contributed by atoms with E-state index in [0.717, 1.165) is 11.3 Å². The van der Waals surface area contributed by atoms with Crippen LogP contribution in [0.5, 0.6) is 5.75 Å². The Hall–Kier alpha value is -1.39. The van der Waals surface area contributed by atoms with Crippen molar-refractivity contribution in [1.82, 2.24) is 0 Å². The average Bonchev–Trinajstić information content (AvgIpc) is 2.36. The number of aliphatic hydroxyl groups excluding tert-OH is 1. The van der Waals surface area contributed by atoms with Crippen LogP contribution in [0.4, 0.5) is 0 Å². The molecule has 0 fully saturated rings. The highest BCUT2D eigenvalue weighted by Gasteiger charge is 2.03. The molecule has 0 saturated heterocycles. The highest BCUT2D eigenvalue weighted by molar-refractivity contribution is 5.56. The quantitative estimate of drug-likeness (QED) is 0.546. The van der Waals surface area contributed by atoms with E-state index in [2.05, 4.69) is 0 Å². The van der Waals surface area contributed by atoms with Crippen molar-refractivity contribution in [3.05, 3.63) is 29.8 Å². The molecule has 0 bridgehead atoms. The lowest BCUT2D eigenvalue weighted by atomic mass is 10.1. The molecule has 1 aromatic rings. The van der Waals surface area contributed by atoms with Crippen molar-refractivity contribution in [2.24, 2.45) is 0 Å². The summed E-state index contributed by atoms with van der Waals surface area (Å²) in [6, 6.07) is 7.31. The van der Waals surface area contributed by atoms with Gasteiger partial charge in [0.2, 0.25) is 0 Å². The predicted octanol–water partition coefficient (Wildman–Crippen LogP) is 1.20. The zero-order valence-corrected chi connectivity index (χ0v) is 9.96. The monoisotopic (exact) mass is 238 g/mol. The zero-order valence-electron chi connectivity index (χ0n) is 9.96. The summed E-state index contributed by atoms with van der Waals surface area (Å²) in [5.74, 6) is 0.758. The zero-order chi connectivity index (χ0) is 12.5. The Labute approximate surface area is 101 Å². The lowest BCUT2D eigenvalue weighted by molar-refractivity contribution is -0.114. The van der Waals surface area contributed by atoms with Crippen LogP contribution in [0.1, 0.15) is 12.5 Å². The second-order valence-corrected chi connectivity index (χ2v) is 3.60. The van der Waals surface area contributed by atoms with Crippen molar-refractivity contribution in [2.45, 2.75) is 19.4 Å². The Morgan fingerprint density at radius 3 is 2.59 bits per heavy atom.